The zero-order chi connectivity index (χ0) is 23.0. The number of unbranched alkanes of at least 4 members (excludes halogenated alkanes) is 2. The molecular weight excluding hydrogens is 412 g/mol. The van der Waals surface area contributed by atoms with Crippen molar-refractivity contribution in [2.75, 3.05) is 0 Å². The molecule has 0 saturated carbocycles. The Morgan fingerprint density at radius 1 is 1.13 bits per heavy atom. The summed E-state index contributed by atoms with van der Waals surface area (Å²) in [5.74, 6) is -0.454. The van der Waals surface area contributed by atoms with E-state index < -0.39 is 9.84 Å². The highest BCUT2D eigenvalue weighted by Crippen LogP contribution is 2.40. The number of sulfone groups is 1. The molecule has 0 atom stereocenters. The van der Waals surface area contributed by atoms with Crippen LogP contribution < -0.4 is 0 Å². The minimum absolute atomic E-state index is 0.00961. The maximum absolute atomic E-state index is 13.3. The fourth-order valence-electron chi connectivity index (χ4n) is 3.47. The summed E-state index contributed by atoms with van der Waals surface area (Å²) < 4.78 is 31.5. The Balaban J connectivity index is 2.46. The normalized spacial score (nSPS) is 12.2. The van der Waals surface area contributed by atoms with E-state index in [0.29, 0.717) is 12.0 Å². The number of aryl methyl sites for hydroxylation is 1. The molecule has 1 heterocycles. The van der Waals surface area contributed by atoms with Crippen LogP contribution in [0.15, 0.2) is 62.2 Å². The first-order valence-electron chi connectivity index (χ1n) is 10.8. The third kappa shape index (κ3) is 6.50. The molecule has 0 saturated heterocycles. The van der Waals surface area contributed by atoms with Gasteiger partial charge in [0, 0.05) is 5.56 Å². The molecule has 2 N–H and O–H groups in total. The van der Waals surface area contributed by atoms with Crippen LogP contribution in [0, 0.1) is 0 Å². The summed E-state index contributed by atoms with van der Waals surface area (Å²) >= 11 is 0. The van der Waals surface area contributed by atoms with Crippen LogP contribution in [-0.2, 0) is 22.7 Å². The van der Waals surface area contributed by atoms with Crippen molar-refractivity contribution in [2.45, 2.75) is 82.4 Å². The van der Waals surface area contributed by atoms with Gasteiger partial charge in [-0.25, -0.2) is 8.42 Å². The Kier molecular flexibility index (Phi) is 8.99. The van der Waals surface area contributed by atoms with Crippen LogP contribution in [0.4, 0.5) is 0 Å². The molecule has 6 heteroatoms. The predicted octanol–water partition coefficient (Wildman–Crippen LogP) is 6.49. The summed E-state index contributed by atoms with van der Waals surface area (Å²) in [6.45, 7) is 8.17. The summed E-state index contributed by atoms with van der Waals surface area (Å²) in [7, 11) is -3.98. The first-order valence-corrected chi connectivity index (χ1v) is 12.3. The maximum atomic E-state index is 13.3. The average Bonchev–Trinajstić information content (AvgIpc) is 3.23. The van der Waals surface area contributed by atoms with Gasteiger partial charge in [-0.15, -0.1) is 0 Å². The molecule has 0 radical (unpaired) electrons. The van der Waals surface area contributed by atoms with Crippen molar-refractivity contribution in [1.82, 2.24) is 0 Å². The number of allylic oxidation sites excluding steroid dienone is 4. The van der Waals surface area contributed by atoms with E-state index >= 15 is 0 Å². The predicted molar refractivity (Wildman–Crippen MR) is 123 cm³/mol. The fourth-order valence-corrected chi connectivity index (χ4v) is 5.01. The number of benzene rings is 1. The Morgan fingerprint density at radius 2 is 1.87 bits per heavy atom. The molecule has 0 aliphatic rings. The molecule has 5 nitrogen and oxygen atoms in total. The Bertz CT molecular complexity index is 1020. The standard InChI is InChI=1S/C25H34O5S/c1-5-6-7-11-20-16-23(26)22(13-12-19(4)10-8-9-18(2)3)24(27)25(20)31(28,29)21-14-15-30-17-21/h9,12,14-17,26-27H,5-8,10-11,13H2,1-4H3. The SMILES string of the molecule is CCCCCc1cc(O)c(CC=C(C)CCC=C(C)C)c(O)c1S(=O)(=O)c1ccoc1. The molecule has 2 rings (SSSR count). The van der Waals surface area contributed by atoms with Crippen LogP contribution in [0.1, 0.15) is 70.9 Å². The van der Waals surface area contributed by atoms with Crippen LogP contribution in [0.3, 0.4) is 0 Å². The molecule has 1 aromatic heterocycles. The molecule has 0 aliphatic carbocycles. The second-order valence-corrected chi connectivity index (χ2v) is 10.1. The van der Waals surface area contributed by atoms with Crippen molar-refractivity contribution in [3.8, 4) is 11.5 Å². The van der Waals surface area contributed by atoms with Gasteiger partial charge in [-0.1, -0.05) is 43.1 Å². The molecule has 0 aliphatic heterocycles. The molecule has 0 spiro atoms. The van der Waals surface area contributed by atoms with Gasteiger partial charge in [0.05, 0.1) is 6.26 Å². The van der Waals surface area contributed by atoms with Gasteiger partial charge in [0.15, 0.2) is 0 Å². The third-order valence-electron chi connectivity index (χ3n) is 5.28. The van der Waals surface area contributed by atoms with Crippen molar-refractivity contribution >= 4 is 9.84 Å². The van der Waals surface area contributed by atoms with E-state index in [1.54, 1.807) is 0 Å². The Hall–Kier alpha value is -2.47. The van der Waals surface area contributed by atoms with Gasteiger partial charge in [-0.2, -0.15) is 0 Å². The van der Waals surface area contributed by atoms with Crippen LogP contribution >= 0.6 is 0 Å². The Labute approximate surface area is 186 Å². The number of phenols is 2. The summed E-state index contributed by atoms with van der Waals surface area (Å²) in [6, 6.07) is 2.86. The summed E-state index contributed by atoms with van der Waals surface area (Å²) in [4.78, 5) is -0.141. The fraction of sp³-hybridized carbons (Fsp3) is 0.440. The molecule has 170 valence electrons. The lowest BCUT2D eigenvalue weighted by atomic mass is 10.00. The van der Waals surface area contributed by atoms with Gasteiger partial charge in [0.2, 0.25) is 9.84 Å². The van der Waals surface area contributed by atoms with Crippen LogP contribution in [0.2, 0.25) is 0 Å². The van der Waals surface area contributed by atoms with E-state index in [-0.39, 0.29) is 33.3 Å². The maximum Gasteiger partial charge on any atom is 0.213 e. The molecule has 1 aromatic carbocycles. The van der Waals surface area contributed by atoms with Gasteiger partial charge < -0.3 is 14.6 Å². The van der Waals surface area contributed by atoms with Crippen molar-refractivity contribution in [3.05, 3.63) is 59.1 Å². The lowest BCUT2D eigenvalue weighted by Crippen LogP contribution is -2.07. The summed E-state index contributed by atoms with van der Waals surface area (Å²) in [5.41, 5.74) is 3.03. The van der Waals surface area contributed by atoms with Gasteiger partial charge in [0.1, 0.15) is 27.6 Å². The van der Waals surface area contributed by atoms with Gasteiger partial charge in [-0.3, -0.25) is 0 Å². The van der Waals surface area contributed by atoms with Crippen molar-refractivity contribution < 1.29 is 23.0 Å². The monoisotopic (exact) mass is 446 g/mol. The van der Waals surface area contributed by atoms with Gasteiger partial charge in [0.25, 0.3) is 0 Å². The average molecular weight is 447 g/mol. The number of furan rings is 1. The van der Waals surface area contributed by atoms with Crippen molar-refractivity contribution in [2.24, 2.45) is 0 Å². The highest BCUT2D eigenvalue weighted by Gasteiger charge is 2.29. The molecule has 31 heavy (non-hydrogen) atoms. The number of phenolic OH excluding ortho intramolecular Hbond substituents is 2. The van der Waals surface area contributed by atoms with E-state index in [0.717, 1.165) is 43.9 Å². The molecule has 0 bridgehead atoms. The highest BCUT2D eigenvalue weighted by atomic mass is 32.2. The minimum atomic E-state index is -3.98. The van der Waals surface area contributed by atoms with Crippen molar-refractivity contribution in [1.29, 1.82) is 0 Å². The second kappa shape index (κ2) is 11.2. The first-order chi connectivity index (χ1) is 14.7. The van der Waals surface area contributed by atoms with Crippen molar-refractivity contribution in [3.63, 3.8) is 0 Å². The van der Waals surface area contributed by atoms with E-state index in [1.165, 1.54) is 24.0 Å². The quantitative estimate of drug-likeness (QED) is 0.304. The van der Waals surface area contributed by atoms with Crippen LogP contribution in [0.5, 0.6) is 11.5 Å². The first kappa shape index (κ1) is 24.8. The largest absolute Gasteiger partial charge is 0.508 e. The summed E-state index contributed by atoms with van der Waals surface area (Å²) in [6.07, 6.45) is 11.7. The van der Waals surface area contributed by atoms with Crippen LogP contribution in [-0.4, -0.2) is 18.6 Å². The van der Waals surface area contributed by atoms with Gasteiger partial charge >= 0.3 is 0 Å². The lowest BCUT2D eigenvalue weighted by Gasteiger charge is -2.16. The Morgan fingerprint density at radius 3 is 2.48 bits per heavy atom. The molecule has 0 fully saturated rings. The van der Waals surface area contributed by atoms with Gasteiger partial charge in [-0.05, 0) is 70.6 Å². The second-order valence-electron chi connectivity index (χ2n) is 8.21. The highest BCUT2D eigenvalue weighted by molar-refractivity contribution is 7.91. The molecule has 0 unspecified atom stereocenters. The number of rotatable bonds is 11. The van der Waals surface area contributed by atoms with Crippen LogP contribution in [0.25, 0.3) is 0 Å². The van der Waals surface area contributed by atoms with E-state index in [9.17, 15) is 18.6 Å². The van der Waals surface area contributed by atoms with E-state index in [4.69, 9.17) is 4.42 Å². The third-order valence-corrected chi connectivity index (χ3v) is 7.13. The minimum Gasteiger partial charge on any atom is -0.508 e. The zero-order valence-electron chi connectivity index (χ0n) is 18.9. The zero-order valence-corrected chi connectivity index (χ0v) is 19.8. The number of aromatic hydroxyl groups is 2. The smallest absolute Gasteiger partial charge is 0.213 e. The number of hydrogen-bond donors (Lipinski definition) is 2. The summed E-state index contributed by atoms with van der Waals surface area (Å²) in [5, 5.41) is 21.6. The lowest BCUT2D eigenvalue weighted by molar-refractivity contribution is 0.427. The van der Waals surface area contributed by atoms with E-state index in [2.05, 4.69) is 26.8 Å². The molecular formula is C25H34O5S. The number of hydrogen-bond acceptors (Lipinski definition) is 5. The molecule has 0 amide bonds. The molecule has 2 aromatic rings. The van der Waals surface area contributed by atoms with E-state index in [1.807, 2.05) is 13.0 Å². The topological polar surface area (TPSA) is 87.7 Å².